The molecule has 0 saturated carbocycles. The SMILES string of the molecule is O=C(NCCc1csc2ccccc12)NCc1ccc(CN2CCCC2)cc1. The molecule has 1 aliphatic heterocycles. The number of fused-ring (bicyclic) bond motifs is 1. The molecular formula is C23H27N3OS. The molecule has 2 N–H and O–H groups in total. The Bertz CT molecular complexity index is 913. The van der Waals surface area contributed by atoms with E-state index in [0.29, 0.717) is 13.1 Å². The molecule has 3 aromatic rings. The van der Waals surface area contributed by atoms with Crippen molar-refractivity contribution in [2.24, 2.45) is 0 Å². The zero-order valence-electron chi connectivity index (χ0n) is 16.1. The van der Waals surface area contributed by atoms with Gasteiger partial charge in [-0.2, -0.15) is 0 Å². The Hall–Kier alpha value is -2.37. The molecule has 0 unspecified atom stereocenters. The summed E-state index contributed by atoms with van der Waals surface area (Å²) in [5, 5.41) is 9.40. The quantitative estimate of drug-likeness (QED) is 0.619. The number of thiophene rings is 1. The second-order valence-corrected chi connectivity index (χ2v) is 8.33. The van der Waals surface area contributed by atoms with Crippen LogP contribution in [0.2, 0.25) is 0 Å². The third-order valence-electron chi connectivity index (χ3n) is 5.32. The van der Waals surface area contributed by atoms with Crippen LogP contribution in [0.5, 0.6) is 0 Å². The Morgan fingerprint density at radius 3 is 2.54 bits per heavy atom. The highest BCUT2D eigenvalue weighted by molar-refractivity contribution is 7.17. The summed E-state index contributed by atoms with van der Waals surface area (Å²) < 4.78 is 1.30. The highest BCUT2D eigenvalue weighted by Crippen LogP contribution is 2.25. The number of carbonyl (C=O) groups excluding carboxylic acids is 1. The molecule has 0 bridgehead atoms. The monoisotopic (exact) mass is 393 g/mol. The first-order chi connectivity index (χ1) is 13.8. The molecule has 1 saturated heterocycles. The van der Waals surface area contributed by atoms with E-state index in [1.165, 1.54) is 47.1 Å². The van der Waals surface area contributed by atoms with Crippen molar-refractivity contribution in [2.45, 2.75) is 32.4 Å². The van der Waals surface area contributed by atoms with Crippen LogP contribution in [0.25, 0.3) is 10.1 Å². The van der Waals surface area contributed by atoms with E-state index in [1.54, 1.807) is 11.3 Å². The van der Waals surface area contributed by atoms with E-state index in [2.05, 4.69) is 69.4 Å². The lowest BCUT2D eigenvalue weighted by Crippen LogP contribution is -2.36. The van der Waals surface area contributed by atoms with Crippen LogP contribution >= 0.6 is 11.3 Å². The highest BCUT2D eigenvalue weighted by Gasteiger charge is 2.11. The molecule has 0 radical (unpaired) electrons. The fourth-order valence-electron chi connectivity index (χ4n) is 3.74. The maximum Gasteiger partial charge on any atom is 0.315 e. The molecule has 4 rings (SSSR count). The average Bonchev–Trinajstić information content (AvgIpc) is 3.38. The summed E-state index contributed by atoms with van der Waals surface area (Å²) >= 11 is 1.76. The minimum atomic E-state index is -0.110. The number of urea groups is 1. The van der Waals surface area contributed by atoms with E-state index in [0.717, 1.165) is 18.5 Å². The Kier molecular flexibility index (Phi) is 6.24. The van der Waals surface area contributed by atoms with Crippen molar-refractivity contribution in [2.75, 3.05) is 19.6 Å². The number of amides is 2. The third kappa shape index (κ3) is 4.91. The van der Waals surface area contributed by atoms with Crippen LogP contribution in [0.4, 0.5) is 4.79 Å². The standard InChI is InChI=1S/C23H27N3OS/c27-23(24-12-11-20-17-28-22-6-2-1-5-21(20)22)25-15-18-7-9-19(10-8-18)16-26-13-3-4-14-26/h1-2,5-10,17H,3-4,11-16H2,(H2,24,25,27). The molecule has 2 aromatic carbocycles. The van der Waals surface area contributed by atoms with E-state index in [9.17, 15) is 4.79 Å². The van der Waals surface area contributed by atoms with Gasteiger partial charge in [-0.1, -0.05) is 42.5 Å². The number of rotatable bonds is 7. The molecule has 0 aliphatic carbocycles. The van der Waals surface area contributed by atoms with Crippen molar-refractivity contribution >= 4 is 27.5 Å². The summed E-state index contributed by atoms with van der Waals surface area (Å²) in [7, 11) is 0. The Labute approximate surface area is 170 Å². The third-order valence-corrected chi connectivity index (χ3v) is 6.33. The van der Waals surface area contributed by atoms with Gasteiger partial charge in [-0.15, -0.1) is 11.3 Å². The topological polar surface area (TPSA) is 44.4 Å². The molecule has 1 fully saturated rings. The number of nitrogens with zero attached hydrogens (tertiary/aromatic N) is 1. The predicted octanol–water partition coefficient (Wildman–Crippen LogP) is 4.54. The van der Waals surface area contributed by atoms with E-state index in [4.69, 9.17) is 0 Å². The summed E-state index contributed by atoms with van der Waals surface area (Å²) in [6.45, 7) is 4.65. The van der Waals surface area contributed by atoms with Crippen molar-refractivity contribution in [3.05, 3.63) is 70.6 Å². The number of hydrogen-bond donors (Lipinski definition) is 2. The minimum Gasteiger partial charge on any atom is -0.338 e. The Morgan fingerprint density at radius 1 is 0.964 bits per heavy atom. The molecule has 146 valence electrons. The highest BCUT2D eigenvalue weighted by atomic mass is 32.1. The van der Waals surface area contributed by atoms with Crippen molar-refractivity contribution in [3.63, 3.8) is 0 Å². The molecule has 0 atom stereocenters. The van der Waals surface area contributed by atoms with Crippen LogP contribution < -0.4 is 10.6 Å². The first kappa shape index (κ1) is 19.0. The average molecular weight is 394 g/mol. The van der Waals surface area contributed by atoms with Gasteiger partial charge in [0, 0.05) is 24.3 Å². The maximum atomic E-state index is 12.1. The van der Waals surface area contributed by atoms with Gasteiger partial charge in [0.15, 0.2) is 0 Å². The number of carbonyl (C=O) groups is 1. The molecule has 5 heteroatoms. The van der Waals surface area contributed by atoms with Gasteiger partial charge in [0.1, 0.15) is 0 Å². The van der Waals surface area contributed by atoms with E-state index in [1.807, 2.05) is 0 Å². The normalized spacial score (nSPS) is 14.4. The van der Waals surface area contributed by atoms with Gasteiger partial charge in [0.25, 0.3) is 0 Å². The zero-order chi connectivity index (χ0) is 19.2. The molecule has 28 heavy (non-hydrogen) atoms. The Morgan fingerprint density at radius 2 is 1.71 bits per heavy atom. The zero-order valence-corrected chi connectivity index (χ0v) is 16.9. The lowest BCUT2D eigenvalue weighted by molar-refractivity contribution is 0.240. The van der Waals surface area contributed by atoms with Gasteiger partial charge in [-0.05, 0) is 65.9 Å². The molecule has 0 spiro atoms. The first-order valence-electron chi connectivity index (χ1n) is 10.0. The van der Waals surface area contributed by atoms with Crippen molar-refractivity contribution in [1.82, 2.24) is 15.5 Å². The molecular weight excluding hydrogens is 366 g/mol. The van der Waals surface area contributed by atoms with Crippen LogP contribution in [-0.2, 0) is 19.5 Å². The van der Waals surface area contributed by atoms with Crippen molar-refractivity contribution < 1.29 is 4.79 Å². The summed E-state index contributed by atoms with van der Waals surface area (Å²) in [6, 6.07) is 16.9. The number of hydrogen-bond acceptors (Lipinski definition) is 3. The predicted molar refractivity (Wildman–Crippen MR) is 117 cm³/mol. The van der Waals surface area contributed by atoms with Gasteiger partial charge in [-0.25, -0.2) is 4.79 Å². The molecule has 2 amide bonds. The van der Waals surface area contributed by atoms with Crippen LogP contribution in [0, 0.1) is 0 Å². The minimum absolute atomic E-state index is 0.110. The van der Waals surface area contributed by atoms with Crippen LogP contribution in [0.1, 0.15) is 29.5 Å². The molecule has 4 nitrogen and oxygen atoms in total. The number of likely N-dealkylation sites (tertiary alicyclic amines) is 1. The lowest BCUT2D eigenvalue weighted by atomic mass is 10.1. The van der Waals surface area contributed by atoms with E-state index >= 15 is 0 Å². The van der Waals surface area contributed by atoms with E-state index < -0.39 is 0 Å². The van der Waals surface area contributed by atoms with Gasteiger partial charge in [-0.3, -0.25) is 4.90 Å². The molecule has 1 aliphatic rings. The molecule has 2 heterocycles. The van der Waals surface area contributed by atoms with Gasteiger partial charge >= 0.3 is 6.03 Å². The summed E-state index contributed by atoms with van der Waals surface area (Å²) in [4.78, 5) is 14.6. The second kappa shape index (κ2) is 9.22. The van der Waals surface area contributed by atoms with Gasteiger partial charge in [0.2, 0.25) is 0 Å². The van der Waals surface area contributed by atoms with Gasteiger partial charge in [0.05, 0.1) is 0 Å². The first-order valence-corrected chi connectivity index (χ1v) is 10.9. The second-order valence-electron chi connectivity index (χ2n) is 7.42. The lowest BCUT2D eigenvalue weighted by Gasteiger charge is -2.14. The van der Waals surface area contributed by atoms with Crippen LogP contribution in [0.15, 0.2) is 53.9 Å². The van der Waals surface area contributed by atoms with E-state index in [-0.39, 0.29) is 6.03 Å². The largest absolute Gasteiger partial charge is 0.338 e. The van der Waals surface area contributed by atoms with Crippen molar-refractivity contribution in [1.29, 1.82) is 0 Å². The van der Waals surface area contributed by atoms with Crippen LogP contribution in [-0.4, -0.2) is 30.6 Å². The summed E-state index contributed by atoms with van der Waals surface area (Å²) in [5.74, 6) is 0. The maximum absolute atomic E-state index is 12.1. The number of nitrogens with one attached hydrogen (secondary N) is 2. The fourth-order valence-corrected chi connectivity index (χ4v) is 4.74. The van der Waals surface area contributed by atoms with Crippen molar-refractivity contribution in [3.8, 4) is 0 Å². The smallest absolute Gasteiger partial charge is 0.315 e. The van der Waals surface area contributed by atoms with Gasteiger partial charge < -0.3 is 10.6 Å². The number of benzene rings is 2. The Balaban J connectivity index is 1.19. The molecule has 1 aromatic heterocycles. The fraction of sp³-hybridized carbons (Fsp3) is 0.348. The summed E-state index contributed by atoms with van der Waals surface area (Å²) in [5.41, 5.74) is 3.77. The van der Waals surface area contributed by atoms with Crippen LogP contribution in [0.3, 0.4) is 0 Å². The summed E-state index contributed by atoms with van der Waals surface area (Å²) in [6.07, 6.45) is 3.49.